The minimum atomic E-state index is -0.497. The van der Waals surface area contributed by atoms with Gasteiger partial charge in [0, 0.05) is 23.4 Å². The fourth-order valence-electron chi connectivity index (χ4n) is 1.64. The van der Waals surface area contributed by atoms with Crippen molar-refractivity contribution in [3.8, 4) is 5.69 Å². The molecule has 1 unspecified atom stereocenters. The lowest BCUT2D eigenvalue weighted by Gasteiger charge is -2.12. The number of nitrogens with one attached hydrogen (secondary N) is 1. The molecule has 17 heavy (non-hydrogen) atoms. The Labute approximate surface area is 108 Å². The van der Waals surface area contributed by atoms with E-state index in [9.17, 15) is 5.11 Å². The highest BCUT2D eigenvalue weighted by Gasteiger charge is 2.09. The van der Waals surface area contributed by atoms with Crippen LogP contribution in [0.25, 0.3) is 5.69 Å². The number of likely N-dealkylation sites (N-methyl/N-ethyl adjacent to an activating group) is 1. The van der Waals surface area contributed by atoms with Crippen molar-refractivity contribution >= 4 is 15.9 Å². The quantitative estimate of drug-likeness (QED) is 0.906. The van der Waals surface area contributed by atoms with Crippen molar-refractivity contribution in [1.82, 2.24) is 15.1 Å². The topological polar surface area (TPSA) is 50.1 Å². The van der Waals surface area contributed by atoms with Gasteiger partial charge in [0.05, 0.1) is 11.8 Å². The van der Waals surface area contributed by atoms with Crippen LogP contribution >= 0.6 is 15.9 Å². The fraction of sp³-hybridized carbons (Fsp3) is 0.250. The van der Waals surface area contributed by atoms with E-state index in [1.165, 1.54) is 0 Å². The van der Waals surface area contributed by atoms with Gasteiger partial charge in [0.1, 0.15) is 0 Å². The van der Waals surface area contributed by atoms with Crippen molar-refractivity contribution in [2.24, 2.45) is 0 Å². The zero-order valence-electron chi connectivity index (χ0n) is 9.47. The second-order valence-corrected chi connectivity index (χ2v) is 4.59. The van der Waals surface area contributed by atoms with E-state index in [1.54, 1.807) is 10.9 Å². The summed E-state index contributed by atoms with van der Waals surface area (Å²) in [6, 6.07) is 7.63. The Morgan fingerprint density at radius 3 is 2.94 bits per heavy atom. The normalized spacial score (nSPS) is 12.6. The smallest absolute Gasteiger partial charge is 0.0914 e. The molecular weight excluding hydrogens is 282 g/mol. The number of rotatable bonds is 4. The lowest BCUT2D eigenvalue weighted by atomic mass is 10.1. The molecule has 2 rings (SSSR count). The Morgan fingerprint density at radius 1 is 1.53 bits per heavy atom. The Bertz CT molecular complexity index is 485. The van der Waals surface area contributed by atoms with E-state index in [1.807, 2.05) is 37.5 Å². The Balaban J connectivity index is 2.29. The third-order valence-electron chi connectivity index (χ3n) is 2.51. The zero-order valence-corrected chi connectivity index (χ0v) is 11.1. The monoisotopic (exact) mass is 295 g/mol. The Morgan fingerprint density at radius 2 is 2.35 bits per heavy atom. The molecule has 90 valence electrons. The highest BCUT2D eigenvalue weighted by Crippen LogP contribution is 2.24. The molecule has 0 radical (unpaired) electrons. The van der Waals surface area contributed by atoms with Crippen molar-refractivity contribution in [3.05, 3.63) is 46.7 Å². The third-order valence-corrected chi connectivity index (χ3v) is 3.14. The number of hydrogen-bond donors (Lipinski definition) is 2. The van der Waals surface area contributed by atoms with Crippen LogP contribution in [0.2, 0.25) is 0 Å². The van der Waals surface area contributed by atoms with Crippen molar-refractivity contribution in [3.63, 3.8) is 0 Å². The average molecular weight is 296 g/mol. The summed E-state index contributed by atoms with van der Waals surface area (Å²) in [5, 5.41) is 17.0. The lowest BCUT2D eigenvalue weighted by molar-refractivity contribution is 0.177. The number of benzene rings is 1. The number of aliphatic hydroxyl groups excluding tert-OH is 1. The van der Waals surface area contributed by atoms with E-state index in [2.05, 4.69) is 26.3 Å². The average Bonchev–Trinajstić information content (AvgIpc) is 2.82. The van der Waals surface area contributed by atoms with E-state index >= 15 is 0 Å². The van der Waals surface area contributed by atoms with Crippen molar-refractivity contribution < 1.29 is 5.11 Å². The van der Waals surface area contributed by atoms with Gasteiger partial charge in [-0.1, -0.05) is 6.07 Å². The molecule has 0 fully saturated rings. The maximum Gasteiger partial charge on any atom is 0.0914 e. The summed E-state index contributed by atoms with van der Waals surface area (Å²) in [6.07, 6.45) is 3.11. The highest BCUT2D eigenvalue weighted by atomic mass is 79.9. The van der Waals surface area contributed by atoms with Crippen LogP contribution in [0.15, 0.2) is 41.1 Å². The minimum Gasteiger partial charge on any atom is -0.387 e. The van der Waals surface area contributed by atoms with Crippen LogP contribution < -0.4 is 5.32 Å². The molecule has 0 saturated heterocycles. The first kappa shape index (κ1) is 12.3. The molecule has 0 spiro atoms. The van der Waals surface area contributed by atoms with Crippen LogP contribution in [0.1, 0.15) is 11.7 Å². The second kappa shape index (κ2) is 5.44. The van der Waals surface area contributed by atoms with Crippen molar-refractivity contribution in [1.29, 1.82) is 0 Å². The van der Waals surface area contributed by atoms with E-state index in [-0.39, 0.29) is 0 Å². The second-order valence-electron chi connectivity index (χ2n) is 3.73. The largest absolute Gasteiger partial charge is 0.387 e. The van der Waals surface area contributed by atoms with Gasteiger partial charge in [0.25, 0.3) is 0 Å². The molecule has 1 aromatic heterocycles. The van der Waals surface area contributed by atoms with E-state index < -0.39 is 6.10 Å². The maximum atomic E-state index is 9.86. The summed E-state index contributed by atoms with van der Waals surface area (Å²) in [5.74, 6) is 0. The first-order chi connectivity index (χ1) is 8.22. The highest BCUT2D eigenvalue weighted by molar-refractivity contribution is 9.10. The predicted octanol–water partition coefficient (Wildman–Crippen LogP) is 1.89. The van der Waals surface area contributed by atoms with Gasteiger partial charge in [0.2, 0.25) is 0 Å². The maximum absolute atomic E-state index is 9.86. The summed E-state index contributed by atoms with van der Waals surface area (Å²) in [4.78, 5) is 0. The van der Waals surface area contributed by atoms with Crippen LogP contribution in [0.5, 0.6) is 0 Å². The van der Waals surface area contributed by atoms with Crippen molar-refractivity contribution in [2.45, 2.75) is 6.10 Å². The summed E-state index contributed by atoms with van der Waals surface area (Å²) in [5.41, 5.74) is 1.83. The molecule has 4 nitrogen and oxygen atoms in total. The molecule has 2 N–H and O–H groups in total. The molecule has 0 aliphatic heterocycles. The molecular formula is C12H14BrN3O. The number of aromatic nitrogens is 2. The summed E-state index contributed by atoms with van der Waals surface area (Å²) < 4.78 is 2.69. The van der Waals surface area contributed by atoms with Crippen molar-refractivity contribution in [2.75, 3.05) is 13.6 Å². The van der Waals surface area contributed by atoms with E-state index in [0.717, 1.165) is 15.7 Å². The minimum absolute atomic E-state index is 0.497. The summed E-state index contributed by atoms with van der Waals surface area (Å²) >= 11 is 3.50. The molecule has 0 bridgehead atoms. The number of hydrogen-bond acceptors (Lipinski definition) is 3. The first-order valence-corrected chi connectivity index (χ1v) is 6.14. The predicted molar refractivity (Wildman–Crippen MR) is 70.2 cm³/mol. The molecule has 1 atom stereocenters. The molecule has 0 saturated carbocycles. The molecule has 5 heteroatoms. The fourth-order valence-corrected chi connectivity index (χ4v) is 2.22. The van der Waals surface area contributed by atoms with Crippen LogP contribution in [-0.4, -0.2) is 28.5 Å². The van der Waals surface area contributed by atoms with E-state index in [4.69, 9.17) is 0 Å². The van der Waals surface area contributed by atoms with Gasteiger partial charge >= 0.3 is 0 Å². The van der Waals surface area contributed by atoms with Gasteiger partial charge in [-0.2, -0.15) is 5.10 Å². The first-order valence-electron chi connectivity index (χ1n) is 5.34. The molecule has 0 aliphatic rings. The Kier molecular flexibility index (Phi) is 3.93. The van der Waals surface area contributed by atoms with Crippen LogP contribution in [-0.2, 0) is 0 Å². The van der Waals surface area contributed by atoms with Gasteiger partial charge in [0.15, 0.2) is 0 Å². The third kappa shape index (κ3) is 2.74. The molecule has 1 aromatic carbocycles. The van der Waals surface area contributed by atoms with Crippen LogP contribution in [0, 0.1) is 0 Å². The molecule has 2 aromatic rings. The number of halogens is 1. The van der Waals surface area contributed by atoms with Gasteiger partial charge in [-0.15, -0.1) is 0 Å². The molecule has 0 aliphatic carbocycles. The van der Waals surface area contributed by atoms with E-state index in [0.29, 0.717) is 6.54 Å². The van der Waals surface area contributed by atoms with Gasteiger partial charge in [-0.25, -0.2) is 4.68 Å². The molecule has 0 amide bonds. The number of nitrogens with zero attached hydrogens (tertiary/aromatic N) is 2. The number of aliphatic hydroxyl groups is 1. The standard InChI is InChI=1S/C12H14BrN3O/c1-14-8-12(17)9-3-4-11(10(13)7-9)16-6-2-5-15-16/h2-7,12,14,17H,8H2,1H3. The Hall–Kier alpha value is -1.17. The van der Waals surface area contributed by atoms with Gasteiger partial charge < -0.3 is 10.4 Å². The summed E-state index contributed by atoms with van der Waals surface area (Å²) in [6.45, 7) is 0.535. The SMILES string of the molecule is CNCC(O)c1ccc(-n2cccn2)c(Br)c1. The van der Waals surface area contributed by atoms with Gasteiger partial charge in [-0.05, 0) is 46.7 Å². The van der Waals surface area contributed by atoms with Crippen LogP contribution in [0.4, 0.5) is 0 Å². The zero-order chi connectivity index (χ0) is 12.3. The van der Waals surface area contributed by atoms with Gasteiger partial charge in [-0.3, -0.25) is 0 Å². The van der Waals surface area contributed by atoms with Crippen LogP contribution in [0.3, 0.4) is 0 Å². The molecule has 1 heterocycles. The summed E-state index contributed by atoms with van der Waals surface area (Å²) in [7, 11) is 1.82. The lowest BCUT2D eigenvalue weighted by Crippen LogP contribution is -2.16.